The molecule has 2 aromatic heterocycles. The summed E-state index contributed by atoms with van der Waals surface area (Å²) in [6.07, 6.45) is 0. The zero-order valence-electron chi connectivity index (χ0n) is 16.8. The summed E-state index contributed by atoms with van der Waals surface area (Å²) in [5.74, 6) is 0.597. The molecule has 0 spiro atoms. The van der Waals surface area contributed by atoms with E-state index in [1.807, 2.05) is 69.3 Å². The molecule has 4 nitrogen and oxygen atoms in total. The molecule has 6 heteroatoms. The van der Waals surface area contributed by atoms with Crippen molar-refractivity contribution in [2.24, 2.45) is 0 Å². The summed E-state index contributed by atoms with van der Waals surface area (Å²) in [5, 5.41) is 4.44. The van der Waals surface area contributed by atoms with Crippen molar-refractivity contribution in [3.8, 4) is 11.3 Å². The van der Waals surface area contributed by atoms with Crippen molar-refractivity contribution in [1.82, 2.24) is 4.98 Å². The third-order valence-corrected chi connectivity index (χ3v) is 5.90. The van der Waals surface area contributed by atoms with E-state index in [1.54, 1.807) is 6.07 Å². The predicted molar refractivity (Wildman–Crippen MR) is 126 cm³/mol. The van der Waals surface area contributed by atoms with Crippen LogP contribution in [0.2, 0.25) is 5.15 Å². The van der Waals surface area contributed by atoms with Gasteiger partial charge in [0, 0.05) is 16.7 Å². The van der Waals surface area contributed by atoms with Crippen molar-refractivity contribution >= 4 is 44.2 Å². The van der Waals surface area contributed by atoms with Gasteiger partial charge in [0.05, 0.1) is 17.1 Å². The molecule has 0 unspecified atom stereocenters. The van der Waals surface area contributed by atoms with Gasteiger partial charge < -0.3 is 9.73 Å². The fraction of sp³-hybridized carbons (Fsp3) is 0.167. The molecule has 2 heterocycles. The molecule has 0 saturated heterocycles. The van der Waals surface area contributed by atoms with Gasteiger partial charge in [-0.3, -0.25) is 4.79 Å². The van der Waals surface area contributed by atoms with Gasteiger partial charge in [-0.05, 0) is 60.5 Å². The Morgan fingerprint density at radius 1 is 1.10 bits per heavy atom. The Labute approximate surface area is 188 Å². The average molecular weight is 484 g/mol. The van der Waals surface area contributed by atoms with Crippen LogP contribution in [0.15, 0.2) is 68.4 Å². The van der Waals surface area contributed by atoms with Crippen molar-refractivity contribution in [1.29, 1.82) is 0 Å². The number of pyridine rings is 1. The quantitative estimate of drug-likeness (QED) is 0.316. The van der Waals surface area contributed by atoms with E-state index >= 15 is 0 Å². The van der Waals surface area contributed by atoms with E-state index < -0.39 is 0 Å². The lowest BCUT2D eigenvalue weighted by Gasteiger charge is -2.19. The van der Waals surface area contributed by atoms with Crippen molar-refractivity contribution in [2.75, 3.05) is 5.32 Å². The zero-order chi connectivity index (χ0) is 21.4. The van der Waals surface area contributed by atoms with Crippen LogP contribution in [0.1, 0.15) is 29.7 Å². The van der Waals surface area contributed by atoms with Crippen LogP contribution >= 0.6 is 27.5 Å². The van der Waals surface area contributed by atoms with Crippen LogP contribution in [-0.2, 0) is 0 Å². The smallest absolute Gasteiger partial charge is 0.196 e. The highest BCUT2D eigenvalue weighted by molar-refractivity contribution is 9.10. The van der Waals surface area contributed by atoms with Gasteiger partial charge in [0.25, 0.3) is 0 Å². The second-order valence-electron chi connectivity index (χ2n) is 7.32. The van der Waals surface area contributed by atoms with Crippen molar-refractivity contribution in [2.45, 2.75) is 26.8 Å². The number of halogens is 2. The zero-order valence-corrected chi connectivity index (χ0v) is 19.1. The second-order valence-corrected chi connectivity index (χ2v) is 8.46. The van der Waals surface area contributed by atoms with Gasteiger partial charge in [-0.25, -0.2) is 4.98 Å². The molecule has 1 N–H and O–H groups in total. The highest BCUT2D eigenvalue weighted by Gasteiger charge is 2.19. The highest BCUT2D eigenvalue weighted by atomic mass is 79.9. The van der Waals surface area contributed by atoms with E-state index in [4.69, 9.17) is 16.0 Å². The van der Waals surface area contributed by atoms with Crippen LogP contribution in [0.4, 0.5) is 5.69 Å². The number of anilines is 1. The van der Waals surface area contributed by atoms with Gasteiger partial charge in [-0.1, -0.05) is 48.0 Å². The summed E-state index contributed by atoms with van der Waals surface area (Å²) in [6, 6.07) is 17.1. The largest absolute Gasteiger partial charge is 0.455 e. The predicted octanol–water partition coefficient (Wildman–Crippen LogP) is 7.06. The van der Waals surface area contributed by atoms with E-state index in [2.05, 4.69) is 26.2 Å². The number of nitrogens with one attached hydrogen (secondary N) is 1. The first-order valence-corrected chi connectivity index (χ1v) is 10.7. The summed E-state index contributed by atoms with van der Waals surface area (Å²) >= 11 is 9.40. The highest BCUT2D eigenvalue weighted by Crippen LogP contribution is 2.33. The number of aromatic nitrogens is 1. The van der Waals surface area contributed by atoms with Crippen LogP contribution in [0.5, 0.6) is 0 Å². The third kappa shape index (κ3) is 3.87. The molecule has 1 atom stereocenters. The van der Waals surface area contributed by atoms with Gasteiger partial charge in [0.2, 0.25) is 0 Å². The lowest BCUT2D eigenvalue weighted by molar-refractivity contribution is 0.605. The lowest BCUT2D eigenvalue weighted by Crippen LogP contribution is -2.12. The minimum atomic E-state index is -0.138. The van der Waals surface area contributed by atoms with Crippen LogP contribution in [0, 0.1) is 13.8 Å². The standard InChI is InChI=1S/C24H20BrClN2O2/c1-13-11-17(15(3)27-19-9-10-20(26)28-24(19)25)23-18(12-13)21(29)14(2)22(30-23)16-7-5-4-6-8-16/h4-12,15,27H,1-3H3/t15-/m1/s1. The fourth-order valence-corrected chi connectivity index (χ4v) is 4.27. The van der Waals surface area contributed by atoms with E-state index in [9.17, 15) is 4.79 Å². The molecular weight excluding hydrogens is 464 g/mol. The lowest BCUT2D eigenvalue weighted by atomic mass is 9.99. The van der Waals surface area contributed by atoms with E-state index in [-0.39, 0.29) is 11.5 Å². The molecule has 0 amide bonds. The summed E-state index contributed by atoms with van der Waals surface area (Å²) < 4.78 is 6.99. The number of benzene rings is 2. The van der Waals surface area contributed by atoms with Crippen molar-refractivity contribution in [3.05, 3.63) is 91.3 Å². The number of hydrogen-bond acceptors (Lipinski definition) is 4. The van der Waals surface area contributed by atoms with Crippen molar-refractivity contribution in [3.63, 3.8) is 0 Å². The van der Waals surface area contributed by atoms with Crippen molar-refractivity contribution < 1.29 is 4.42 Å². The number of nitrogens with zero attached hydrogens (tertiary/aromatic N) is 1. The van der Waals surface area contributed by atoms with Crippen LogP contribution in [0.3, 0.4) is 0 Å². The summed E-state index contributed by atoms with van der Waals surface area (Å²) in [5.41, 5.74) is 4.77. The third-order valence-electron chi connectivity index (χ3n) is 5.08. The molecule has 0 radical (unpaired) electrons. The van der Waals surface area contributed by atoms with E-state index in [0.717, 1.165) is 22.4 Å². The first-order chi connectivity index (χ1) is 14.3. The Morgan fingerprint density at radius 3 is 2.53 bits per heavy atom. The Morgan fingerprint density at radius 2 is 1.83 bits per heavy atom. The second kappa shape index (κ2) is 8.25. The van der Waals surface area contributed by atoms with Gasteiger partial charge in [-0.15, -0.1) is 0 Å². The number of fused-ring (bicyclic) bond motifs is 1. The monoisotopic (exact) mass is 482 g/mol. The Balaban J connectivity index is 1.89. The topological polar surface area (TPSA) is 55.1 Å². The number of aryl methyl sites for hydroxylation is 1. The van der Waals surface area contributed by atoms with Gasteiger partial charge in [0.1, 0.15) is 21.1 Å². The maximum absolute atomic E-state index is 13.2. The average Bonchev–Trinajstić information content (AvgIpc) is 2.73. The summed E-state index contributed by atoms with van der Waals surface area (Å²) in [4.78, 5) is 17.4. The molecule has 4 aromatic rings. The molecule has 2 aromatic carbocycles. The Kier molecular flexibility index (Phi) is 5.67. The molecule has 0 aliphatic carbocycles. The van der Waals surface area contributed by atoms with Crippen LogP contribution < -0.4 is 10.7 Å². The van der Waals surface area contributed by atoms with E-state index in [0.29, 0.717) is 32.0 Å². The number of rotatable bonds is 4. The Bertz CT molecular complexity index is 1300. The first kappa shape index (κ1) is 20.6. The van der Waals surface area contributed by atoms with E-state index in [1.165, 1.54) is 0 Å². The summed E-state index contributed by atoms with van der Waals surface area (Å²) in [6.45, 7) is 5.82. The molecular formula is C24H20BrClN2O2. The normalized spacial score (nSPS) is 12.2. The molecule has 0 aliphatic rings. The fourth-order valence-electron chi connectivity index (χ4n) is 3.58. The molecule has 30 heavy (non-hydrogen) atoms. The maximum atomic E-state index is 13.2. The molecule has 0 fully saturated rings. The first-order valence-electron chi connectivity index (χ1n) is 9.57. The molecule has 152 valence electrons. The Hall–Kier alpha value is -2.63. The molecule has 4 rings (SSSR count). The SMILES string of the molecule is Cc1cc([C@@H](C)Nc2ccc(Cl)nc2Br)c2oc(-c3ccccc3)c(C)c(=O)c2c1. The minimum absolute atomic E-state index is 0.0124. The van der Waals surface area contributed by atoms with Gasteiger partial charge in [0.15, 0.2) is 5.43 Å². The molecule has 0 aliphatic heterocycles. The maximum Gasteiger partial charge on any atom is 0.196 e. The minimum Gasteiger partial charge on any atom is -0.455 e. The van der Waals surface area contributed by atoms with Crippen LogP contribution in [-0.4, -0.2) is 4.98 Å². The number of hydrogen-bond donors (Lipinski definition) is 1. The molecule has 0 bridgehead atoms. The summed E-state index contributed by atoms with van der Waals surface area (Å²) in [7, 11) is 0. The van der Waals surface area contributed by atoms with Crippen LogP contribution in [0.25, 0.3) is 22.3 Å². The van der Waals surface area contributed by atoms with Gasteiger partial charge in [-0.2, -0.15) is 0 Å². The molecule has 0 saturated carbocycles. The van der Waals surface area contributed by atoms with Gasteiger partial charge >= 0.3 is 0 Å².